The van der Waals surface area contributed by atoms with Gasteiger partial charge in [-0.2, -0.15) is 0 Å². The highest BCUT2D eigenvalue weighted by Gasteiger charge is 2.14. The SMILES string of the molecule is CCOc1cc(C(=O)NCc2ccc(CS(=O)(=O)NC(C)C)cc2)ccc1OCc1cccnc1. The van der Waals surface area contributed by atoms with E-state index < -0.39 is 10.0 Å². The number of nitrogens with zero attached hydrogens (tertiary/aromatic N) is 1. The zero-order valence-electron chi connectivity index (χ0n) is 20.2. The van der Waals surface area contributed by atoms with Crippen LogP contribution in [0.4, 0.5) is 0 Å². The summed E-state index contributed by atoms with van der Waals surface area (Å²) < 4.78 is 38.3. The number of ether oxygens (including phenoxy) is 2. The lowest BCUT2D eigenvalue weighted by Crippen LogP contribution is -2.31. The Balaban J connectivity index is 1.59. The Morgan fingerprint density at radius 3 is 2.37 bits per heavy atom. The first-order chi connectivity index (χ1) is 16.8. The van der Waals surface area contributed by atoms with Crippen molar-refractivity contribution in [1.82, 2.24) is 15.0 Å². The Labute approximate surface area is 206 Å². The summed E-state index contributed by atoms with van der Waals surface area (Å²) in [5, 5.41) is 2.88. The first kappa shape index (κ1) is 26.2. The first-order valence-corrected chi connectivity index (χ1v) is 13.1. The third-order valence-corrected chi connectivity index (χ3v) is 6.41. The van der Waals surface area contributed by atoms with Gasteiger partial charge < -0.3 is 14.8 Å². The average molecular weight is 498 g/mol. The van der Waals surface area contributed by atoms with Gasteiger partial charge in [0.2, 0.25) is 10.0 Å². The smallest absolute Gasteiger partial charge is 0.251 e. The summed E-state index contributed by atoms with van der Waals surface area (Å²) in [5.41, 5.74) is 2.91. The number of hydrogen-bond acceptors (Lipinski definition) is 6. The van der Waals surface area contributed by atoms with Crippen LogP contribution in [0.3, 0.4) is 0 Å². The molecule has 35 heavy (non-hydrogen) atoms. The molecule has 0 aliphatic carbocycles. The van der Waals surface area contributed by atoms with Gasteiger partial charge in [0.05, 0.1) is 12.4 Å². The van der Waals surface area contributed by atoms with Crippen LogP contribution in [0.15, 0.2) is 67.0 Å². The maximum absolute atomic E-state index is 12.7. The third kappa shape index (κ3) is 8.38. The van der Waals surface area contributed by atoms with E-state index in [0.717, 1.165) is 11.1 Å². The van der Waals surface area contributed by atoms with Crippen molar-refractivity contribution < 1.29 is 22.7 Å². The summed E-state index contributed by atoms with van der Waals surface area (Å²) in [6.07, 6.45) is 3.43. The Hall–Kier alpha value is -3.43. The normalized spacial score (nSPS) is 11.3. The Kier molecular flexibility index (Phi) is 9.22. The molecule has 0 spiro atoms. The van der Waals surface area contributed by atoms with Gasteiger partial charge in [-0.3, -0.25) is 9.78 Å². The third-order valence-electron chi connectivity index (χ3n) is 4.87. The number of amides is 1. The molecule has 9 heteroatoms. The van der Waals surface area contributed by atoms with Crippen molar-refractivity contribution in [2.75, 3.05) is 6.61 Å². The van der Waals surface area contributed by atoms with Crippen LogP contribution >= 0.6 is 0 Å². The van der Waals surface area contributed by atoms with Crippen LogP contribution in [0.1, 0.15) is 47.8 Å². The molecule has 8 nitrogen and oxygen atoms in total. The molecule has 0 aliphatic heterocycles. The summed E-state index contributed by atoms with van der Waals surface area (Å²) in [7, 11) is -3.39. The molecule has 3 rings (SSSR count). The van der Waals surface area contributed by atoms with Crippen molar-refractivity contribution in [3.63, 3.8) is 0 Å². The first-order valence-electron chi connectivity index (χ1n) is 11.4. The molecule has 1 heterocycles. The van der Waals surface area contributed by atoms with Gasteiger partial charge in [0.1, 0.15) is 6.61 Å². The second-order valence-corrected chi connectivity index (χ2v) is 10.0. The van der Waals surface area contributed by atoms with Crippen molar-refractivity contribution in [3.8, 4) is 11.5 Å². The van der Waals surface area contributed by atoms with Gasteiger partial charge in [-0.25, -0.2) is 13.1 Å². The van der Waals surface area contributed by atoms with Gasteiger partial charge in [0.15, 0.2) is 11.5 Å². The predicted octanol–water partition coefficient (Wildman–Crippen LogP) is 3.82. The number of rotatable bonds is 12. The fraction of sp³-hybridized carbons (Fsp3) is 0.308. The molecule has 0 aliphatic rings. The van der Waals surface area contributed by atoms with Crippen LogP contribution in [-0.2, 0) is 28.9 Å². The van der Waals surface area contributed by atoms with Gasteiger partial charge in [-0.05, 0) is 56.2 Å². The Bertz CT molecular complexity index is 1210. The summed E-state index contributed by atoms with van der Waals surface area (Å²) in [4.78, 5) is 16.8. The highest BCUT2D eigenvalue weighted by molar-refractivity contribution is 7.88. The molecular weight excluding hydrogens is 466 g/mol. The fourth-order valence-corrected chi connectivity index (χ4v) is 4.77. The molecule has 186 valence electrons. The number of benzene rings is 2. The van der Waals surface area contributed by atoms with Crippen molar-refractivity contribution in [2.45, 2.75) is 45.7 Å². The van der Waals surface area contributed by atoms with Gasteiger partial charge in [0.25, 0.3) is 5.91 Å². The predicted molar refractivity (Wildman–Crippen MR) is 135 cm³/mol. The number of nitrogens with one attached hydrogen (secondary N) is 2. The highest BCUT2D eigenvalue weighted by atomic mass is 32.2. The average Bonchev–Trinajstić information content (AvgIpc) is 2.82. The minimum atomic E-state index is -3.39. The van der Waals surface area contributed by atoms with E-state index in [2.05, 4.69) is 15.0 Å². The lowest BCUT2D eigenvalue weighted by molar-refractivity contribution is 0.0950. The molecule has 0 radical (unpaired) electrons. The lowest BCUT2D eigenvalue weighted by Gasteiger charge is -2.14. The molecule has 0 unspecified atom stereocenters. The molecule has 0 bridgehead atoms. The Morgan fingerprint density at radius 1 is 0.971 bits per heavy atom. The molecule has 0 saturated heterocycles. The van der Waals surface area contributed by atoms with Crippen molar-refractivity contribution in [3.05, 3.63) is 89.2 Å². The van der Waals surface area contributed by atoms with E-state index in [1.807, 2.05) is 31.2 Å². The minimum Gasteiger partial charge on any atom is -0.490 e. The lowest BCUT2D eigenvalue weighted by atomic mass is 10.1. The standard InChI is InChI=1S/C26H31N3O5S/c1-4-33-25-14-23(11-12-24(25)34-17-22-6-5-13-27-15-22)26(30)28-16-20-7-9-21(10-8-20)18-35(31,32)29-19(2)3/h5-15,19,29H,4,16-18H2,1-3H3,(H,28,30). The summed E-state index contributed by atoms with van der Waals surface area (Å²) in [5.74, 6) is 0.694. The van der Waals surface area contributed by atoms with E-state index >= 15 is 0 Å². The molecule has 3 aromatic rings. The molecule has 0 saturated carbocycles. The van der Waals surface area contributed by atoms with Crippen molar-refractivity contribution in [1.29, 1.82) is 0 Å². The molecule has 1 aromatic heterocycles. The molecule has 2 N–H and O–H groups in total. The second-order valence-electron chi connectivity index (χ2n) is 8.28. The van der Waals surface area contributed by atoms with E-state index in [9.17, 15) is 13.2 Å². The second kappa shape index (κ2) is 12.3. The summed E-state index contributed by atoms with van der Waals surface area (Å²) >= 11 is 0. The van der Waals surface area contributed by atoms with Gasteiger partial charge in [-0.1, -0.05) is 30.3 Å². The van der Waals surface area contributed by atoms with E-state index in [-0.39, 0.29) is 17.7 Å². The molecular formula is C26H31N3O5S. The van der Waals surface area contributed by atoms with Gasteiger partial charge >= 0.3 is 0 Å². The number of pyridine rings is 1. The molecule has 0 fully saturated rings. The van der Waals surface area contributed by atoms with E-state index in [0.29, 0.717) is 42.4 Å². The molecule has 1 amide bonds. The van der Waals surface area contributed by atoms with Crippen LogP contribution in [0.25, 0.3) is 0 Å². The van der Waals surface area contributed by atoms with Crippen LogP contribution in [0.2, 0.25) is 0 Å². The summed E-state index contributed by atoms with van der Waals surface area (Å²) in [6.45, 7) is 6.51. The summed E-state index contributed by atoms with van der Waals surface area (Å²) in [6, 6.07) is 15.8. The molecule has 2 aromatic carbocycles. The zero-order valence-corrected chi connectivity index (χ0v) is 21.0. The number of carbonyl (C=O) groups excluding carboxylic acids is 1. The minimum absolute atomic E-state index is 0.0901. The topological polar surface area (TPSA) is 107 Å². The Morgan fingerprint density at radius 2 is 1.71 bits per heavy atom. The number of sulfonamides is 1. The van der Waals surface area contributed by atoms with E-state index in [1.54, 1.807) is 56.6 Å². The van der Waals surface area contributed by atoms with E-state index in [1.165, 1.54) is 0 Å². The van der Waals surface area contributed by atoms with Gasteiger partial charge in [-0.15, -0.1) is 0 Å². The number of aromatic nitrogens is 1. The largest absolute Gasteiger partial charge is 0.490 e. The maximum atomic E-state index is 12.7. The van der Waals surface area contributed by atoms with Gasteiger partial charge in [0, 0.05) is 36.1 Å². The van der Waals surface area contributed by atoms with E-state index in [4.69, 9.17) is 9.47 Å². The van der Waals surface area contributed by atoms with Crippen LogP contribution in [-0.4, -0.2) is 32.0 Å². The quantitative estimate of drug-likeness (QED) is 0.394. The number of carbonyl (C=O) groups is 1. The van der Waals surface area contributed by atoms with Crippen molar-refractivity contribution >= 4 is 15.9 Å². The highest BCUT2D eigenvalue weighted by Crippen LogP contribution is 2.29. The molecule has 0 atom stereocenters. The van der Waals surface area contributed by atoms with Crippen LogP contribution < -0.4 is 19.5 Å². The van der Waals surface area contributed by atoms with Crippen LogP contribution in [0.5, 0.6) is 11.5 Å². The monoisotopic (exact) mass is 497 g/mol. The fourth-order valence-electron chi connectivity index (χ4n) is 3.34. The maximum Gasteiger partial charge on any atom is 0.251 e. The van der Waals surface area contributed by atoms with Crippen LogP contribution in [0, 0.1) is 0 Å². The number of hydrogen-bond donors (Lipinski definition) is 2. The zero-order chi connectivity index (χ0) is 25.3. The van der Waals surface area contributed by atoms with Crippen molar-refractivity contribution in [2.24, 2.45) is 0 Å².